The summed E-state index contributed by atoms with van der Waals surface area (Å²) in [4.78, 5) is 14.1. The molecular weight excluding hydrogens is 622 g/mol. The highest BCUT2D eigenvalue weighted by Crippen LogP contribution is 2.20. The molecule has 0 aliphatic heterocycles. The number of ether oxygens (including phenoxy) is 3. The summed E-state index contributed by atoms with van der Waals surface area (Å²) in [5.74, 6) is 0.838. The Bertz CT molecular complexity index is 654. The summed E-state index contributed by atoms with van der Waals surface area (Å²) in [5.41, 5.74) is 0. The van der Waals surface area contributed by atoms with Gasteiger partial charge in [0, 0.05) is 32.5 Å². The van der Waals surface area contributed by atoms with Gasteiger partial charge in [-0.15, -0.1) is 11.6 Å². The van der Waals surface area contributed by atoms with E-state index in [9.17, 15) is 9.90 Å². The number of unbranched alkanes of at least 4 members (excludes halogenated alkanes) is 19. The van der Waals surface area contributed by atoms with Gasteiger partial charge in [-0.1, -0.05) is 149 Å². The maximum Gasteiger partial charge on any atom is 0.303 e. The Morgan fingerprint density at radius 3 is 1.65 bits per heavy atom. The smallest absolute Gasteiger partial charge is 0.303 e. The Hall–Kier alpha value is -0.400. The molecule has 0 rings (SSSR count). The number of carbonyl (C=O) groups is 1. The molecule has 0 aliphatic carbocycles. The lowest BCUT2D eigenvalue weighted by atomic mass is 9.95. The van der Waals surface area contributed by atoms with Crippen molar-refractivity contribution in [3.05, 3.63) is 0 Å². The average Bonchev–Trinajstić information content (AvgIpc) is 3.06. The Morgan fingerprint density at radius 2 is 1.10 bits per heavy atom. The molecule has 0 aromatic heterocycles. The number of aliphatic hydroxyl groups is 1. The standard InChI is InChI=1S/C41H82ClNO5/c1-5-8-11-14-16-17-18-19-21-27-34-46-37-40(48-38(4)44)35-43(33-31-42)32-26-22-25-30-41(45)47-36-39(28-23-13-10-7-3)29-24-20-15-12-9-6-2/h39-41,45H,5-37H2,1-4H3. The van der Waals surface area contributed by atoms with E-state index >= 15 is 0 Å². The van der Waals surface area contributed by atoms with Crippen LogP contribution in [0.25, 0.3) is 0 Å². The molecule has 0 radical (unpaired) electrons. The topological polar surface area (TPSA) is 68.2 Å². The van der Waals surface area contributed by atoms with Gasteiger partial charge < -0.3 is 19.3 Å². The fraction of sp³-hybridized carbons (Fsp3) is 0.976. The number of halogens is 1. The number of hydrogen-bond donors (Lipinski definition) is 1. The Kier molecular flexibility index (Phi) is 37.5. The summed E-state index contributed by atoms with van der Waals surface area (Å²) < 4.78 is 17.5. The van der Waals surface area contributed by atoms with Gasteiger partial charge in [-0.25, -0.2) is 0 Å². The molecule has 1 N–H and O–H groups in total. The van der Waals surface area contributed by atoms with Crippen LogP contribution in [-0.2, 0) is 19.0 Å². The van der Waals surface area contributed by atoms with Crippen LogP contribution in [0.4, 0.5) is 0 Å². The first kappa shape index (κ1) is 47.6. The molecule has 48 heavy (non-hydrogen) atoms. The summed E-state index contributed by atoms with van der Waals surface area (Å²) in [6.45, 7) is 12.4. The molecule has 0 aromatic rings. The van der Waals surface area contributed by atoms with Crippen molar-refractivity contribution < 1.29 is 24.1 Å². The lowest BCUT2D eigenvalue weighted by molar-refractivity contribution is -0.150. The number of carbonyl (C=O) groups excluding carboxylic acids is 1. The van der Waals surface area contributed by atoms with Gasteiger partial charge in [0.05, 0.1) is 13.2 Å². The molecule has 3 unspecified atom stereocenters. The minimum absolute atomic E-state index is 0.266. The number of aliphatic hydroxyl groups excluding tert-OH is 1. The van der Waals surface area contributed by atoms with Crippen molar-refractivity contribution >= 4 is 17.6 Å². The van der Waals surface area contributed by atoms with E-state index in [4.69, 9.17) is 25.8 Å². The second-order valence-electron chi connectivity index (χ2n) is 14.4. The maximum atomic E-state index is 11.8. The molecule has 0 saturated heterocycles. The average molecular weight is 705 g/mol. The molecule has 0 aliphatic rings. The number of nitrogens with zero attached hydrogens (tertiary/aromatic N) is 1. The molecule has 6 nitrogen and oxygen atoms in total. The van der Waals surface area contributed by atoms with E-state index in [1.54, 1.807) is 0 Å². The van der Waals surface area contributed by atoms with E-state index in [1.807, 2.05) is 0 Å². The molecule has 3 atom stereocenters. The largest absolute Gasteiger partial charge is 0.459 e. The zero-order chi connectivity index (χ0) is 35.3. The Balaban J connectivity index is 4.30. The lowest BCUT2D eigenvalue weighted by Gasteiger charge is -2.26. The highest BCUT2D eigenvalue weighted by atomic mass is 35.5. The van der Waals surface area contributed by atoms with Crippen LogP contribution in [0.5, 0.6) is 0 Å². The van der Waals surface area contributed by atoms with Crippen LogP contribution < -0.4 is 0 Å². The van der Waals surface area contributed by atoms with Gasteiger partial charge in [0.25, 0.3) is 0 Å². The molecule has 0 saturated carbocycles. The van der Waals surface area contributed by atoms with Crippen LogP contribution in [-0.4, -0.2) is 73.7 Å². The summed E-state index contributed by atoms with van der Waals surface area (Å²) in [6, 6.07) is 0. The van der Waals surface area contributed by atoms with Crippen LogP contribution in [0.2, 0.25) is 0 Å². The second kappa shape index (κ2) is 37.8. The normalized spacial score (nSPS) is 13.6. The highest BCUT2D eigenvalue weighted by Gasteiger charge is 2.18. The van der Waals surface area contributed by atoms with Crippen molar-refractivity contribution in [2.45, 2.75) is 207 Å². The monoisotopic (exact) mass is 704 g/mol. The maximum absolute atomic E-state index is 11.8. The van der Waals surface area contributed by atoms with Gasteiger partial charge >= 0.3 is 5.97 Å². The number of alkyl halides is 1. The van der Waals surface area contributed by atoms with Crippen LogP contribution >= 0.6 is 11.6 Å². The first-order valence-electron chi connectivity index (χ1n) is 20.8. The number of esters is 1. The van der Waals surface area contributed by atoms with Crippen molar-refractivity contribution in [1.82, 2.24) is 4.90 Å². The molecule has 0 bridgehead atoms. The van der Waals surface area contributed by atoms with Crippen molar-refractivity contribution in [2.24, 2.45) is 5.92 Å². The van der Waals surface area contributed by atoms with Crippen LogP contribution in [0.1, 0.15) is 195 Å². The zero-order valence-corrected chi connectivity index (χ0v) is 33.2. The second-order valence-corrected chi connectivity index (χ2v) is 14.8. The minimum atomic E-state index is -0.673. The van der Waals surface area contributed by atoms with Crippen LogP contribution in [0, 0.1) is 5.92 Å². The van der Waals surface area contributed by atoms with Gasteiger partial charge in [0.1, 0.15) is 6.10 Å². The SMILES string of the molecule is CCCCCCCCCCCCOCC(CN(CCCl)CCCCCC(O)OCC(CCCCCC)CCCCCCCC)OC(C)=O. The lowest BCUT2D eigenvalue weighted by Crippen LogP contribution is -2.39. The Labute approximate surface area is 304 Å². The summed E-state index contributed by atoms with van der Waals surface area (Å²) in [5, 5.41) is 10.6. The third-order valence-electron chi connectivity index (χ3n) is 9.52. The van der Waals surface area contributed by atoms with Crippen molar-refractivity contribution in [3.8, 4) is 0 Å². The molecule has 288 valence electrons. The first-order valence-corrected chi connectivity index (χ1v) is 21.3. The highest BCUT2D eigenvalue weighted by molar-refractivity contribution is 6.18. The third kappa shape index (κ3) is 34.1. The number of rotatable bonds is 39. The van der Waals surface area contributed by atoms with Crippen molar-refractivity contribution in [1.29, 1.82) is 0 Å². The fourth-order valence-electron chi connectivity index (χ4n) is 6.51. The van der Waals surface area contributed by atoms with E-state index in [0.29, 0.717) is 44.6 Å². The van der Waals surface area contributed by atoms with Crippen molar-refractivity contribution in [2.75, 3.05) is 45.3 Å². The molecule has 7 heteroatoms. The van der Waals surface area contributed by atoms with Crippen LogP contribution in [0.15, 0.2) is 0 Å². The van der Waals surface area contributed by atoms with Gasteiger partial charge in [-0.2, -0.15) is 0 Å². The Morgan fingerprint density at radius 1 is 0.625 bits per heavy atom. The van der Waals surface area contributed by atoms with E-state index in [1.165, 1.54) is 142 Å². The first-order chi connectivity index (χ1) is 23.5. The summed E-state index contributed by atoms with van der Waals surface area (Å²) in [6.07, 6.45) is 31.3. The molecule has 0 aromatic carbocycles. The molecule has 0 fully saturated rings. The third-order valence-corrected chi connectivity index (χ3v) is 9.69. The van der Waals surface area contributed by atoms with Gasteiger partial charge in [-0.3, -0.25) is 9.69 Å². The van der Waals surface area contributed by atoms with Gasteiger partial charge in [0.2, 0.25) is 0 Å². The minimum Gasteiger partial charge on any atom is -0.459 e. The molecular formula is C41H82ClNO5. The number of hydrogen-bond acceptors (Lipinski definition) is 6. The molecule has 0 spiro atoms. The van der Waals surface area contributed by atoms with Crippen LogP contribution in [0.3, 0.4) is 0 Å². The predicted molar refractivity (Wildman–Crippen MR) is 206 cm³/mol. The quantitative estimate of drug-likeness (QED) is 0.0297. The molecule has 0 heterocycles. The summed E-state index contributed by atoms with van der Waals surface area (Å²) in [7, 11) is 0. The van der Waals surface area contributed by atoms with E-state index in [2.05, 4.69) is 25.7 Å². The summed E-state index contributed by atoms with van der Waals surface area (Å²) >= 11 is 6.13. The fourth-order valence-corrected chi connectivity index (χ4v) is 6.75. The zero-order valence-electron chi connectivity index (χ0n) is 32.5. The van der Waals surface area contributed by atoms with E-state index in [-0.39, 0.29) is 12.1 Å². The van der Waals surface area contributed by atoms with Crippen molar-refractivity contribution in [3.63, 3.8) is 0 Å². The van der Waals surface area contributed by atoms with E-state index in [0.717, 1.165) is 38.8 Å². The predicted octanol–water partition coefficient (Wildman–Crippen LogP) is 11.6. The molecule has 0 amide bonds. The van der Waals surface area contributed by atoms with Gasteiger partial charge in [0.15, 0.2) is 6.29 Å². The van der Waals surface area contributed by atoms with Gasteiger partial charge in [-0.05, 0) is 51.0 Å². The van der Waals surface area contributed by atoms with E-state index < -0.39 is 6.29 Å².